The second kappa shape index (κ2) is 8.50. The Morgan fingerprint density at radius 3 is 2.69 bits per heavy atom. The van der Waals surface area contributed by atoms with Crippen molar-refractivity contribution in [3.63, 3.8) is 0 Å². The minimum atomic E-state index is -0.189. The predicted molar refractivity (Wildman–Crippen MR) is 98.9 cm³/mol. The van der Waals surface area contributed by atoms with E-state index in [2.05, 4.69) is 34.4 Å². The number of nitrogens with zero attached hydrogens (tertiary/aromatic N) is 3. The molecular weight excluding hydrogens is 332 g/mol. The van der Waals surface area contributed by atoms with Crippen molar-refractivity contribution < 1.29 is 14.4 Å². The van der Waals surface area contributed by atoms with Gasteiger partial charge in [-0.1, -0.05) is 24.4 Å². The standard InChI is InChI=1S/C19H32N4O3/c1-22(2)19(8-4-3-5-9-19)14-20-18(25)17-12-16(26-21-17)13-23-10-6-15(24)7-11-23/h12,15,24H,3-11,13-14H2,1-2H3,(H,20,25). The maximum Gasteiger partial charge on any atom is 0.273 e. The van der Waals surface area contributed by atoms with Crippen molar-refractivity contribution in [2.75, 3.05) is 33.7 Å². The molecule has 1 saturated heterocycles. The van der Waals surface area contributed by atoms with E-state index in [1.807, 2.05) is 0 Å². The van der Waals surface area contributed by atoms with Crippen LogP contribution >= 0.6 is 0 Å². The maximum absolute atomic E-state index is 12.5. The summed E-state index contributed by atoms with van der Waals surface area (Å²) in [4.78, 5) is 17.0. The van der Waals surface area contributed by atoms with Crippen molar-refractivity contribution >= 4 is 5.91 Å². The van der Waals surface area contributed by atoms with E-state index in [1.165, 1.54) is 19.3 Å². The summed E-state index contributed by atoms with van der Waals surface area (Å²) in [6, 6.07) is 1.74. The first-order valence-corrected chi connectivity index (χ1v) is 9.80. The second-order valence-electron chi connectivity index (χ2n) is 8.05. The second-order valence-corrected chi connectivity index (χ2v) is 8.05. The fourth-order valence-corrected chi connectivity index (χ4v) is 4.12. The number of likely N-dealkylation sites (N-methyl/N-ethyl adjacent to an activating group) is 1. The van der Waals surface area contributed by atoms with E-state index in [4.69, 9.17) is 4.52 Å². The molecule has 0 bridgehead atoms. The zero-order valence-corrected chi connectivity index (χ0v) is 16.0. The first kappa shape index (κ1) is 19.3. The number of aliphatic hydroxyl groups is 1. The third kappa shape index (κ3) is 4.64. The Balaban J connectivity index is 1.52. The molecule has 2 N–H and O–H groups in total. The zero-order chi connectivity index (χ0) is 18.6. The summed E-state index contributed by atoms with van der Waals surface area (Å²) < 4.78 is 5.35. The molecule has 0 unspecified atom stereocenters. The van der Waals surface area contributed by atoms with Gasteiger partial charge in [0.15, 0.2) is 11.5 Å². The number of amides is 1. The molecule has 26 heavy (non-hydrogen) atoms. The number of hydrogen-bond acceptors (Lipinski definition) is 6. The zero-order valence-electron chi connectivity index (χ0n) is 16.0. The van der Waals surface area contributed by atoms with E-state index >= 15 is 0 Å². The molecule has 1 aromatic heterocycles. The van der Waals surface area contributed by atoms with E-state index in [0.29, 0.717) is 24.5 Å². The molecular formula is C19H32N4O3. The van der Waals surface area contributed by atoms with Crippen LogP contribution in [-0.2, 0) is 6.54 Å². The summed E-state index contributed by atoms with van der Waals surface area (Å²) in [6.45, 7) is 2.96. The summed E-state index contributed by atoms with van der Waals surface area (Å²) in [5, 5.41) is 16.6. The Morgan fingerprint density at radius 2 is 2.04 bits per heavy atom. The van der Waals surface area contributed by atoms with Gasteiger partial charge >= 0.3 is 0 Å². The average Bonchev–Trinajstić information content (AvgIpc) is 3.11. The van der Waals surface area contributed by atoms with Crippen LogP contribution in [0.4, 0.5) is 0 Å². The lowest BCUT2D eigenvalue weighted by Gasteiger charge is -2.43. The Morgan fingerprint density at radius 1 is 1.35 bits per heavy atom. The van der Waals surface area contributed by atoms with Gasteiger partial charge in [-0.25, -0.2) is 0 Å². The van der Waals surface area contributed by atoms with Crippen molar-refractivity contribution in [1.29, 1.82) is 0 Å². The minimum absolute atomic E-state index is 0.0507. The normalized spacial score (nSPS) is 21.8. The lowest BCUT2D eigenvalue weighted by molar-refractivity contribution is 0.0746. The van der Waals surface area contributed by atoms with Gasteiger partial charge in [0.25, 0.3) is 5.91 Å². The van der Waals surface area contributed by atoms with Crippen molar-refractivity contribution in [1.82, 2.24) is 20.3 Å². The van der Waals surface area contributed by atoms with E-state index in [9.17, 15) is 9.90 Å². The Labute approximate surface area is 155 Å². The summed E-state index contributed by atoms with van der Waals surface area (Å²) in [5.74, 6) is 0.535. The predicted octanol–water partition coefficient (Wildman–Crippen LogP) is 1.63. The molecule has 7 nitrogen and oxygen atoms in total. The first-order valence-electron chi connectivity index (χ1n) is 9.80. The molecule has 7 heteroatoms. The molecule has 0 spiro atoms. The largest absolute Gasteiger partial charge is 0.393 e. The van der Waals surface area contributed by atoms with Crippen LogP contribution in [0.3, 0.4) is 0 Å². The van der Waals surface area contributed by atoms with Gasteiger partial charge in [0.05, 0.1) is 12.6 Å². The van der Waals surface area contributed by atoms with E-state index in [1.54, 1.807) is 6.07 Å². The van der Waals surface area contributed by atoms with E-state index < -0.39 is 0 Å². The summed E-state index contributed by atoms with van der Waals surface area (Å²) in [6.07, 6.45) is 7.33. The molecule has 2 fully saturated rings. The first-order chi connectivity index (χ1) is 12.5. The topological polar surface area (TPSA) is 81.8 Å². The van der Waals surface area contributed by atoms with Crippen LogP contribution in [0.5, 0.6) is 0 Å². The van der Waals surface area contributed by atoms with Crippen LogP contribution in [-0.4, -0.2) is 71.3 Å². The van der Waals surface area contributed by atoms with Gasteiger partial charge in [0.1, 0.15) is 0 Å². The van der Waals surface area contributed by atoms with Crippen LogP contribution in [0, 0.1) is 0 Å². The van der Waals surface area contributed by atoms with Gasteiger partial charge in [-0.05, 0) is 39.8 Å². The molecule has 1 saturated carbocycles. The van der Waals surface area contributed by atoms with E-state index in [-0.39, 0.29) is 17.6 Å². The monoisotopic (exact) mass is 364 g/mol. The fraction of sp³-hybridized carbons (Fsp3) is 0.789. The molecule has 1 aliphatic carbocycles. The third-order valence-corrected chi connectivity index (χ3v) is 6.04. The van der Waals surface area contributed by atoms with Gasteiger partial charge in [-0.2, -0.15) is 0 Å². The number of piperidine rings is 1. The van der Waals surface area contributed by atoms with Crippen molar-refractivity contribution in [2.24, 2.45) is 0 Å². The smallest absolute Gasteiger partial charge is 0.273 e. The highest BCUT2D eigenvalue weighted by atomic mass is 16.5. The molecule has 146 valence electrons. The number of aliphatic hydroxyl groups excluding tert-OH is 1. The Bertz CT molecular complexity index is 587. The van der Waals surface area contributed by atoms with Gasteiger partial charge in [0, 0.05) is 31.2 Å². The molecule has 0 atom stereocenters. The molecule has 1 amide bonds. The van der Waals surface area contributed by atoms with Crippen LogP contribution in [0.25, 0.3) is 0 Å². The van der Waals surface area contributed by atoms with Crippen LogP contribution in [0.1, 0.15) is 61.2 Å². The SMILES string of the molecule is CN(C)C1(CNC(=O)c2cc(CN3CCC(O)CC3)on2)CCCCC1. The number of aromatic nitrogens is 1. The van der Waals surface area contributed by atoms with Crippen molar-refractivity contribution in [2.45, 2.75) is 63.1 Å². The Hall–Kier alpha value is -1.44. The van der Waals surface area contributed by atoms with Crippen molar-refractivity contribution in [3.8, 4) is 0 Å². The highest BCUT2D eigenvalue weighted by Gasteiger charge is 2.34. The van der Waals surface area contributed by atoms with Gasteiger partial charge in [0.2, 0.25) is 0 Å². The highest BCUT2D eigenvalue weighted by Crippen LogP contribution is 2.31. The van der Waals surface area contributed by atoms with Crippen LogP contribution in [0.15, 0.2) is 10.6 Å². The third-order valence-electron chi connectivity index (χ3n) is 6.04. The number of carbonyl (C=O) groups is 1. The summed E-state index contributed by atoms with van der Waals surface area (Å²) in [7, 11) is 4.20. The minimum Gasteiger partial charge on any atom is -0.393 e. The lowest BCUT2D eigenvalue weighted by Crippen LogP contribution is -2.53. The average molecular weight is 364 g/mol. The van der Waals surface area contributed by atoms with Gasteiger partial charge in [-0.3, -0.25) is 9.69 Å². The molecule has 0 aromatic carbocycles. The molecule has 2 heterocycles. The number of hydrogen-bond donors (Lipinski definition) is 2. The quantitative estimate of drug-likeness (QED) is 0.798. The highest BCUT2D eigenvalue weighted by molar-refractivity contribution is 5.92. The van der Waals surface area contributed by atoms with Gasteiger partial charge < -0.3 is 19.8 Å². The molecule has 0 radical (unpaired) electrons. The number of carbonyl (C=O) groups excluding carboxylic acids is 1. The Kier molecular flexibility index (Phi) is 6.32. The fourth-order valence-electron chi connectivity index (χ4n) is 4.12. The summed E-state index contributed by atoms with van der Waals surface area (Å²) in [5.41, 5.74) is 0.400. The number of nitrogens with one attached hydrogen (secondary N) is 1. The van der Waals surface area contributed by atoms with E-state index in [0.717, 1.165) is 38.8 Å². The molecule has 1 aromatic rings. The maximum atomic E-state index is 12.5. The van der Waals surface area contributed by atoms with Crippen LogP contribution < -0.4 is 5.32 Å². The van der Waals surface area contributed by atoms with Crippen LogP contribution in [0.2, 0.25) is 0 Å². The molecule has 3 rings (SSSR count). The number of rotatable bonds is 6. The number of likely N-dealkylation sites (tertiary alicyclic amines) is 1. The lowest BCUT2D eigenvalue weighted by atomic mass is 9.80. The molecule has 2 aliphatic rings. The van der Waals surface area contributed by atoms with Gasteiger partial charge in [-0.15, -0.1) is 0 Å². The summed E-state index contributed by atoms with van der Waals surface area (Å²) >= 11 is 0. The van der Waals surface area contributed by atoms with Crippen molar-refractivity contribution in [3.05, 3.63) is 17.5 Å². The molecule has 1 aliphatic heterocycles.